The summed E-state index contributed by atoms with van der Waals surface area (Å²) >= 11 is 1.74. The lowest BCUT2D eigenvalue weighted by Gasteiger charge is -2.03. The molecule has 0 radical (unpaired) electrons. The van der Waals surface area contributed by atoms with Gasteiger partial charge in [0.1, 0.15) is 6.67 Å². The Hall–Kier alpha value is -0.330. The summed E-state index contributed by atoms with van der Waals surface area (Å²) in [7, 11) is 0. The van der Waals surface area contributed by atoms with Crippen LogP contribution in [-0.4, -0.2) is 4.98 Å². The van der Waals surface area contributed by atoms with E-state index in [1.165, 1.54) is 6.20 Å². The second-order valence-corrected chi connectivity index (χ2v) is 3.29. The van der Waals surface area contributed by atoms with E-state index in [4.69, 9.17) is 0 Å². The molecule has 1 aromatic heterocycles. The highest BCUT2D eigenvalue weighted by Crippen LogP contribution is 2.24. The molecule has 5 heteroatoms. The third kappa shape index (κ3) is 2.09. The summed E-state index contributed by atoms with van der Waals surface area (Å²) in [6.45, 7) is -0.809. The van der Waals surface area contributed by atoms with Gasteiger partial charge in [-0.1, -0.05) is 0 Å². The van der Waals surface area contributed by atoms with Crippen LogP contribution in [0.15, 0.2) is 12.3 Å². The van der Waals surface area contributed by atoms with Gasteiger partial charge in [0.15, 0.2) is 0 Å². The van der Waals surface area contributed by atoms with Crippen molar-refractivity contribution < 1.29 is 13.2 Å². The van der Waals surface area contributed by atoms with E-state index in [0.717, 1.165) is 6.07 Å². The minimum atomic E-state index is -2.56. The smallest absolute Gasteiger partial charge is 0.257 e. The van der Waals surface area contributed by atoms with Gasteiger partial charge in [0.25, 0.3) is 6.43 Å². The third-order valence-electron chi connectivity index (χ3n) is 1.31. The van der Waals surface area contributed by atoms with Crippen LogP contribution in [0.1, 0.15) is 17.7 Å². The van der Waals surface area contributed by atoms with Gasteiger partial charge in [-0.25, -0.2) is 13.2 Å². The zero-order valence-corrected chi connectivity index (χ0v) is 8.06. The Labute approximate surface area is 81.1 Å². The molecule has 0 fully saturated rings. The molecule has 0 aromatic carbocycles. The van der Waals surface area contributed by atoms with Crippen molar-refractivity contribution in [3.8, 4) is 0 Å². The topological polar surface area (TPSA) is 12.9 Å². The first-order valence-corrected chi connectivity index (χ1v) is 4.21. The van der Waals surface area contributed by atoms with Crippen molar-refractivity contribution in [2.24, 2.45) is 0 Å². The molecule has 1 rings (SSSR count). The first kappa shape index (κ1) is 9.76. The van der Waals surface area contributed by atoms with Gasteiger partial charge in [0.2, 0.25) is 0 Å². The minimum Gasteiger partial charge on any atom is -0.257 e. The van der Waals surface area contributed by atoms with Gasteiger partial charge < -0.3 is 0 Å². The van der Waals surface area contributed by atoms with Crippen LogP contribution in [0.2, 0.25) is 0 Å². The fourth-order valence-electron chi connectivity index (χ4n) is 0.740. The van der Waals surface area contributed by atoms with Crippen LogP contribution in [0.5, 0.6) is 0 Å². The van der Waals surface area contributed by atoms with Crippen LogP contribution in [0.4, 0.5) is 13.2 Å². The summed E-state index contributed by atoms with van der Waals surface area (Å²) < 4.78 is 36.7. The molecule has 12 heavy (non-hydrogen) atoms. The van der Waals surface area contributed by atoms with Crippen LogP contribution in [-0.2, 0) is 6.67 Å². The van der Waals surface area contributed by atoms with Crippen LogP contribution in [0.25, 0.3) is 0 Å². The highest BCUT2D eigenvalue weighted by atomic mass is 127. The maximum absolute atomic E-state index is 12.2. The van der Waals surface area contributed by atoms with Crippen molar-refractivity contribution in [1.82, 2.24) is 4.98 Å². The molecule has 66 valence electrons. The highest BCUT2D eigenvalue weighted by Gasteiger charge is 2.12. The summed E-state index contributed by atoms with van der Waals surface area (Å²) in [5.74, 6) is 0. The lowest BCUT2D eigenvalue weighted by Crippen LogP contribution is -1.94. The number of nitrogens with zero attached hydrogens (tertiary/aromatic N) is 1. The van der Waals surface area contributed by atoms with Crippen molar-refractivity contribution >= 4 is 22.6 Å². The van der Waals surface area contributed by atoms with Crippen molar-refractivity contribution in [3.63, 3.8) is 0 Å². The Bertz CT molecular complexity index is 277. The predicted octanol–water partition coefficient (Wildman–Crippen LogP) is 3.09. The zero-order chi connectivity index (χ0) is 9.14. The number of aromatic nitrogens is 1. The highest BCUT2D eigenvalue weighted by molar-refractivity contribution is 14.1. The molecule has 1 nitrogen and oxygen atoms in total. The van der Waals surface area contributed by atoms with Crippen molar-refractivity contribution in [1.29, 1.82) is 0 Å². The van der Waals surface area contributed by atoms with Crippen molar-refractivity contribution in [2.45, 2.75) is 13.1 Å². The molecule has 0 saturated carbocycles. The number of alkyl halides is 3. The van der Waals surface area contributed by atoms with E-state index < -0.39 is 13.1 Å². The normalized spacial score (nSPS) is 10.8. The number of hydrogen-bond acceptors (Lipinski definition) is 1. The van der Waals surface area contributed by atoms with Crippen LogP contribution >= 0.6 is 22.6 Å². The number of pyridine rings is 1. The first-order valence-electron chi connectivity index (χ1n) is 3.13. The summed E-state index contributed by atoms with van der Waals surface area (Å²) in [6.07, 6.45) is -1.32. The van der Waals surface area contributed by atoms with Gasteiger partial charge in [-0.2, -0.15) is 0 Å². The number of rotatable bonds is 2. The van der Waals surface area contributed by atoms with E-state index in [-0.39, 0.29) is 11.3 Å². The summed E-state index contributed by atoms with van der Waals surface area (Å²) in [6, 6.07) is 1.09. The minimum absolute atomic E-state index is 0.0470. The Morgan fingerprint density at radius 1 is 1.50 bits per heavy atom. The molecule has 0 N–H and O–H groups in total. The fraction of sp³-hybridized carbons (Fsp3) is 0.286. The maximum Gasteiger partial charge on any atom is 0.264 e. The van der Waals surface area contributed by atoms with Crippen LogP contribution in [0, 0.1) is 3.57 Å². The van der Waals surface area contributed by atoms with Gasteiger partial charge in [-0.3, -0.25) is 4.98 Å². The molecule has 0 aliphatic carbocycles. The predicted molar refractivity (Wildman–Crippen MR) is 46.7 cm³/mol. The molecule has 0 unspecified atom stereocenters. The van der Waals surface area contributed by atoms with E-state index in [1.807, 2.05) is 0 Å². The van der Waals surface area contributed by atoms with E-state index in [0.29, 0.717) is 3.57 Å². The summed E-state index contributed by atoms with van der Waals surface area (Å²) in [5, 5.41) is 0. The molecule has 0 saturated heterocycles. The third-order valence-corrected chi connectivity index (χ3v) is 2.21. The molecule has 0 aliphatic rings. The van der Waals surface area contributed by atoms with E-state index in [1.54, 1.807) is 22.6 Å². The summed E-state index contributed by atoms with van der Waals surface area (Å²) in [4.78, 5) is 3.62. The first-order chi connectivity index (χ1) is 5.65. The average Bonchev–Trinajstić information content (AvgIpc) is 2.05. The molecular weight excluding hydrogens is 282 g/mol. The Kier molecular flexibility index (Phi) is 3.30. The Morgan fingerprint density at radius 3 is 2.67 bits per heavy atom. The van der Waals surface area contributed by atoms with Gasteiger partial charge >= 0.3 is 0 Å². The molecule has 1 aromatic rings. The average molecular weight is 287 g/mol. The molecule has 0 spiro atoms. The van der Waals surface area contributed by atoms with E-state index >= 15 is 0 Å². The lowest BCUT2D eigenvalue weighted by molar-refractivity contribution is 0.150. The maximum atomic E-state index is 12.2. The molecular formula is C7H5F3IN. The number of halogens is 4. The van der Waals surface area contributed by atoms with E-state index in [9.17, 15) is 13.2 Å². The van der Waals surface area contributed by atoms with Gasteiger partial charge in [0, 0.05) is 15.3 Å². The molecule has 0 aliphatic heterocycles. The lowest BCUT2D eigenvalue weighted by atomic mass is 10.2. The van der Waals surface area contributed by atoms with Gasteiger partial charge in [-0.15, -0.1) is 0 Å². The molecule has 0 atom stereocenters. The Morgan fingerprint density at radius 2 is 2.17 bits per heavy atom. The van der Waals surface area contributed by atoms with Gasteiger partial charge in [-0.05, 0) is 28.7 Å². The standard InChI is InChI=1S/C7H5F3IN/c8-2-4-1-5(7(9)10)6(11)3-12-4/h1,3,7H,2H2. The molecule has 0 bridgehead atoms. The van der Waals surface area contributed by atoms with Crippen LogP contribution < -0.4 is 0 Å². The molecule has 1 heterocycles. The van der Waals surface area contributed by atoms with Crippen LogP contribution in [0.3, 0.4) is 0 Å². The SMILES string of the molecule is FCc1cc(C(F)F)c(I)cn1. The fourth-order valence-corrected chi connectivity index (χ4v) is 1.27. The van der Waals surface area contributed by atoms with Gasteiger partial charge in [0.05, 0.1) is 5.69 Å². The summed E-state index contributed by atoms with van der Waals surface area (Å²) in [5.41, 5.74) is -0.107. The zero-order valence-electron chi connectivity index (χ0n) is 5.90. The molecule has 0 amide bonds. The van der Waals surface area contributed by atoms with E-state index in [2.05, 4.69) is 4.98 Å². The van der Waals surface area contributed by atoms with Crippen molar-refractivity contribution in [3.05, 3.63) is 27.1 Å². The Balaban J connectivity index is 3.08. The number of hydrogen-bond donors (Lipinski definition) is 0. The second-order valence-electron chi connectivity index (χ2n) is 2.13. The monoisotopic (exact) mass is 287 g/mol. The largest absolute Gasteiger partial charge is 0.264 e. The quantitative estimate of drug-likeness (QED) is 0.762. The second kappa shape index (κ2) is 4.06. The van der Waals surface area contributed by atoms with Crippen molar-refractivity contribution in [2.75, 3.05) is 0 Å².